The molecule has 0 saturated heterocycles. The number of methoxy groups -OCH3 is 1. The second-order valence-corrected chi connectivity index (χ2v) is 5.38. The highest BCUT2D eigenvalue weighted by atomic mass is 32.2. The number of nitrogens with zero attached hydrogens (tertiary/aromatic N) is 2. The molecule has 0 fully saturated rings. The van der Waals surface area contributed by atoms with E-state index in [1.165, 1.54) is 10.5 Å². The molecule has 4 nitrogen and oxygen atoms in total. The maximum Gasteiger partial charge on any atom is 0.162 e. The Balaban J connectivity index is 2.07. The number of hydrogen-bond donors (Lipinski definition) is 1. The van der Waals surface area contributed by atoms with Crippen molar-refractivity contribution in [2.45, 2.75) is 17.9 Å². The largest absolute Gasteiger partial charge is 0.493 e. The monoisotopic (exact) mass is 278 g/mol. The van der Waals surface area contributed by atoms with Crippen molar-refractivity contribution in [2.24, 2.45) is 7.05 Å². The molecule has 2 aromatic rings. The van der Waals surface area contributed by atoms with Gasteiger partial charge in [-0.25, -0.2) is 0 Å². The topological polar surface area (TPSA) is 47.3 Å². The molecule has 0 aliphatic rings. The Morgan fingerprint density at radius 2 is 2.16 bits per heavy atom. The molecule has 1 heterocycles. The number of rotatable bonds is 5. The van der Waals surface area contributed by atoms with Gasteiger partial charge in [-0.2, -0.15) is 5.10 Å². The van der Waals surface area contributed by atoms with E-state index in [1.807, 2.05) is 12.1 Å². The second kappa shape index (κ2) is 6.12. The van der Waals surface area contributed by atoms with Gasteiger partial charge in [0.15, 0.2) is 5.75 Å². The van der Waals surface area contributed by atoms with Crippen LogP contribution in [0.1, 0.15) is 17.4 Å². The second-order valence-electron chi connectivity index (χ2n) is 4.31. The molecule has 1 atom stereocenters. The Morgan fingerprint density at radius 3 is 2.84 bits per heavy atom. The summed E-state index contributed by atoms with van der Waals surface area (Å²) < 4.78 is 6.87. The van der Waals surface area contributed by atoms with Gasteiger partial charge in [-0.1, -0.05) is 18.2 Å². The van der Waals surface area contributed by atoms with Crippen molar-refractivity contribution in [2.75, 3.05) is 12.9 Å². The summed E-state index contributed by atoms with van der Waals surface area (Å²) in [4.78, 5) is 1.18. The van der Waals surface area contributed by atoms with Crippen LogP contribution < -0.4 is 4.74 Å². The lowest BCUT2D eigenvalue weighted by Crippen LogP contribution is -2.09. The Bertz CT molecular complexity index is 554. The first kappa shape index (κ1) is 14.0. The van der Waals surface area contributed by atoms with Crippen molar-refractivity contribution in [3.8, 4) is 5.75 Å². The van der Waals surface area contributed by atoms with E-state index >= 15 is 0 Å². The number of benzene rings is 1. The van der Waals surface area contributed by atoms with Crippen molar-refractivity contribution in [3.05, 3.63) is 41.7 Å². The van der Waals surface area contributed by atoms with Crippen LogP contribution in [-0.2, 0) is 7.05 Å². The van der Waals surface area contributed by atoms with Crippen molar-refractivity contribution in [3.63, 3.8) is 0 Å². The van der Waals surface area contributed by atoms with Crippen LogP contribution in [0.3, 0.4) is 0 Å². The van der Waals surface area contributed by atoms with E-state index in [4.69, 9.17) is 4.74 Å². The standard InChI is InChI=1S/C14H18N2O2S/c1-10-6-4-5-7-13(10)19-9-11(17)14-12(18-3)8-15-16(14)2/h4-8,11,17H,9H2,1-3H3. The smallest absolute Gasteiger partial charge is 0.162 e. The average molecular weight is 278 g/mol. The van der Waals surface area contributed by atoms with Crippen LogP contribution in [0.4, 0.5) is 0 Å². The van der Waals surface area contributed by atoms with Crippen LogP contribution in [0, 0.1) is 6.92 Å². The normalized spacial score (nSPS) is 12.4. The van der Waals surface area contributed by atoms with Gasteiger partial charge in [0.1, 0.15) is 11.8 Å². The van der Waals surface area contributed by atoms with Gasteiger partial charge < -0.3 is 9.84 Å². The van der Waals surface area contributed by atoms with E-state index in [9.17, 15) is 5.11 Å². The van der Waals surface area contributed by atoms with E-state index in [1.54, 1.807) is 36.8 Å². The SMILES string of the molecule is COc1cnn(C)c1C(O)CSc1ccccc1C. The summed E-state index contributed by atoms with van der Waals surface area (Å²) in [7, 11) is 3.39. The number of aryl methyl sites for hydroxylation is 2. The molecule has 1 aromatic carbocycles. The molecule has 0 aliphatic heterocycles. The summed E-state index contributed by atoms with van der Waals surface area (Å²) >= 11 is 1.63. The predicted octanol–water partition coefficient (Wildman–Crippen LogP) is 2.56. The first-order chi connectivity index (χ1) is 9.13. The minimum atomic E-state index is -0.605. The van der Waals surface area contributed by atoms with E-state index in [0.717, 1.165) is 0 Å². The molecule has 1 aromatic heterocycles. The van der Waals surface area contributed by atoms with Crippen LogP contribution in [0.5, 0.6) is 5.75 Å². The molecule has 0 saturated carbocycles. The number of aromatic nitrogens is 2. The summed E-state index contributed by atoms with van der Waals surface area (Å²) in [6.45, 7) is 2.07. The molecular formula is C14H18N2O2S. The minimum Gasteiger partial charge on any atom is -0.493 e. The maximum absolute atomic E-state index is 10.3. The quantitative estimate of drug-likeness (QED) is 0.854. The van der Waals surface area contributed by atoms with Crippen LogP contribution in [-0.4, -0.2) is 27.7 Å². The third-order valence-corrected chi connectivity index (χ3v) is 4.23. The average Bonchev–Trinajstić information content (AvgIpc) is 2.78. The van der Waals surface area contributed by atoms with E-state index in [-0.39, 0.29) is 0 Å². The van der Waals surface area contributed by atoms with Gasteiger partial charge in [0.05, 0.1) is 13.3 Å². The van der Waals surface area contributed by atoms with Crippen molar-refractivity contribution < 1.29 is 9.84 Å². The maximum atomic E-state index is 10.3. The predicted molar refractivity (Wildman–Crippen MR) is 76.6 cm³/mol. The minimum absolute atomic E-state index is 0.570. The van der Waals surface area contributed by atoms with Crippen molar-refractivity contribution in [1.82, 2.24) is 9.78 Å². The molecule has 1 N–H and O–H groups in total. The lowest BCUT2D eigenvalue weighted by atomic mass is 10.2. The summed E-state index contributed by atoms with van der Waals surface area (Å²) in [6, 6.07) is 8.15. The van der Waals surface area contributed by atoms with E-state index in [2.05, 4.69) is 24.2 Å². The fourth-order valence-electron chi connectivity index (χ4n) is 1.93. The summed E-state index contributed by atoms with van der Waals surface area (Å²) in [6.07, 6.45) is 1.02. The van der Waals surface area contributed by atoms with Gasteiger partial charge in [0.2, 0.25) is 0 Å². The molecule has 2 rings (SSSR count). The molecule has 19 heavy (non-hydrogen) atoms. The number of ether oxygens (including phenoxy) is 1. The summed E-state index contributed by atoms with van der Waals surface area (Å²) in [5.74, 6) is 1.20. The van der Waals surface area contributed by atoms with Crippen LogP contribution in [0.15, 0.2) is 35.4 Å². The van der Waals surface area contributed by atoms with E-state index in [0.29, 0.717) is 17.2 Å². The molecule has 0 bridgehead atoms. The zero-order chi connectivity index (χ0) is 13.8. The Morgan fingerprint density at radius 1 is 1.42 bits per heavy atom. The molecule has 5 heteroatoms. The first-order valence-corrected chi connectivity index (χ1v) is 7.04. The van der Waals surface area contributed by atoms with Crippen LogP contribution in [0.2, 0.25) is 0 Å². The fourth-order valence-corrected chi connectivity index (χ4v) is 2.90. The highest BCUT2D eigenvalue weighted by molar-refractivity contribution is 7.99. The Labute approximate surface area is 117 Å². The highest BCUT2D eigenvalue weighted by Crippen LogP contribution is 2.30. The van der Waals surface area contributed by atoms with Crippen LogP contribution >= 0.6 is 11.8 Å². The van der Waals surface area contributed by atoms with Gasteiger partial charge in [-0.15, -0.1) is 11.8 Å². The highest BCUT2D eigenvalue weighted by Gasteiger charge is 2.18. The lowest BCUT2D eigenvalue weighted by molar-refractivity contribution is 0.188. The zero-order valence-corrected chi connectivity index (χ0v) is 12.1. The number of hydrogen-bond acceptors (Lipinski definition) is 4. The van der Waals surface area contributed by atoms with E-state index < -0.39 is 6.10 Å². The van der Waals surface area contributed by atoms with Gasteiger partial charge in [-0.3, -0.25) is 4.68 Å². The van der Waals surface area contributed by atoms with Gasteiger partial charge >= 0.3 is 0 Å². The van der Waals surface area contributed by atoms with Crippen molar-refractivity contribution >= 4 is 11.8 Å². The Hall–Kier alpha value is -1.46. The molecular weight excluding hydrogens is 260 g/mol. The number of aliphatic hydroxyl groups excluding tert-OH is 1. The fraction of sp³-hybridized carbons (Fsp3) is 0.357. The molecule has 0 radical (unpaired) electrons. The lowest BCUT2D eigenvalue weighted by Gasteiger charge is -2.13. The zero-order valence-electron chi connectivity index (χ0n) is 11.3. The van der Waals surface area contributed by atoms with Gasteiger partial charge in [0, 0.05) is 17.7 Å². The summed E-state index contributed by atoms with van der Waals surface area (Å²) in [5, 5.41) is 14.4. The van der Waals surface area contributed by atoms with Crippen molar-refractivity contribution in [1.29, 1.82) is 0 Å². The van der Waals surface area contributed by atoms with Gasteiger partial charge in [-0.05, 0) is 18.6 Å². The molecule has 1 unspecified atom stereocenters. The Kier molecular flexibility index (Phi) is 4.50. The third-order valence-electron chi connectivity index (χ3n) is 2.98. The van der Waals surface area contributed by atoms with Gasteiger partial charge in [0.25, 0.3) is 0 Å². The molecule has 0 aliphatic carbocycles. The molecule has 102 valence electrons. The molecule has 0 spiro atoms. The van der Waals surface area contributed by atoms with Crippen LogP contribution in [0.25, 0.3) is 0 Å². The molecule has 0 amide bonds. The third kappa shape index (κ3) is 3.11. The number of thioether (sulfide) groups is 1. The number of aliphatic hydroxyl groups is 1. The summed E-state index contributed by atoms with van der Waals surface area (Å²) in [5.41, 5.74) is 1.93. The first-order valence-electron chi connectivity index (χ1n) is 6.06.